The number of halogens is 2. The lowest BCUT2D eigenvalue weighted by Gasteiger charge is -2.36. The fraction of sp³-hybridized carbons (Fsp3) is 0.444. The number of alkyl halides is 2. The van der Waals surface area contributed by atoms with Gasteiger partial charge in [0, 0.05) is 49.4 Å². The Balaban J connectivity index is 1.39. The number of nitrogens with zero attached hydrogens (tertiary/aromatic N) is 4. The van der Waals surface area contributed by atoms with Crippen LogP contribution in [0.3, 0.4) is 0 Å². The van der Waals surface area contributed by atoms with Crippen LogP contribution in [0.15, 0.2) is 41.7 Å². The average Bonchev–Trinajstić information content (AvgIpc) is 2.66. The number of hydrogen-bond donors (Lipinski definition) is 1. The Kier molecular flexibility index (Phi) is 6.62. The summed E-state index contributed by atoms with van der Waals surface area (Å²) in [6.07, 6.45) is 0.300. The Morgan fingerprint density at radius 3 is 2.69 bits per heavy atom. The molecule has 1 aromatic heterocycles. The van der Waals surface area contributed by atoms with Crippen molar-refractivity contribution < 1.29 is 8.78 Å². The van der Waals surface area contributed by atoms with Gasteiger partial charge in [-0.25, -0.2) is 18.7 Å². The van der Waals surface area contributed by atoms with Crippen LogP contribution in [0.25, 0.3) is 0 Å². The van der Waals surface area contributed by atoms with Crippen LogP contribution in [-0.2, 0) is 0 Å². The molecule has 0 amide bonds. The predicted octanol–water partition coefficient (Wildman–Crippen LogP) is 3.30. The summed E-state index contributed by atoms with van der Waals surface area (Å²) < 4.78 is 25.7. The van der Waals surface area contributed by atoms with E-state index in [0.717, 1.165) is 50.6 Å². The third kappa shape index (κ3) is 5.28. The normalized spacial score (nSPS) is 15.6. The molecule has 0 aliphatic carbocycles. The van der Waals surface area contributed by atoms with Crippen LogP contribution < -0.4 is 10.6 Å². The van der Waals surface area contributed by atoms with Crippen LogP contribution in [0.2, 0.25) is 0 Å². The quantitative estimate of drug-likeness (QED) is 0.453. The molecular weight excluding hydrogens is 356 g/mol. The maximum absolute atomic E-state index is 12.8. The van der Waals surface area contributed by atoms with Gasteiger partial charge in [0.25, 0.3) is 6.43 Å². The highest BCUT2D eigenvalue weighted by molar-refractivity contribution is 7.99. The van der Waals surface area contributed by atoms with Gasteiger partial charge in [-0.1, -0.05) is 23.9 Å². The highest BCUT2D eigenvalue weighted by Gasteiger charge is 2.18. The van der Waals surface area contributed by atoms with Crippen molar-refractivity contribution in [3.8, 4) is 0 Å². The molecule has 0 saturated carbocycles. The standard InChI is InChI=1S/C18H23F2N5S/c19-17(20)14-3-1-4-15(13-14)25-10-8-24(9-11-25)7-2-12-26-18-22-6-5-16(21)23-18/h1,3-6,13,17H,2,7-12H2,(H2,21,22,23). The number of thioether (sulfide) groups is 1. The van der Waals surface area contributed by atoms with E-state index in [1.54, 1.807) is 36.2 Å². The molecule has 1 fully saturated rings. The summed E-state index contributed by atoms with van der Waals surface area (Å²) in [6, 6.07) is 8.37. The molecule has 2 heterocycles. The van der Waals surface area contributed by atoms with Gasteiger partial charge in [0.1, 0.15) is 5.82 Å². The van der Waals surface area contributed by atoms with E-state index >= 15 is 0 Å². The third-order valence-corrected chi connectivity index (χ3v) is 5.31. The zero-order chi connectivity index (χ0) is 18.4. The van der Waals surface area contributed by atoms with E-state index in [9.17, 15) is 8.78 Å². The third-order valence-electron chi connectivity index (χ3n) is 4.36. The molecule has 3 rings (SSSR count). The van der Waals surface area contributed by atoms with Gasteiger partial charge in [-0.15, -0.1) is 0 Å². The predicted molar refractivity (Wildman–Crippen MR) is 102 cm³/mol. The van der Waals surface area contributed by atoms with Gasteiger partial charge in [-0.2, -0.15) is 0 Å². The summed E-state index contributed by atoms with van der Waals surface area (Å²) in [5.41, 5.74) is 6.62. The molecule has 0 unspecified atom stereocenters. The van der Waals surface area contributed by atoms with E-state index < -0.39 is 6.43 Å². The summed E-state index contributed by atoms with van der Waals surface area (Å²) in [6.45, 7) is 4.62. The molecule has 1 saturated heterocycles. The van der Waals surface area contributed by atoms with Gasteiger partial charge in [-0.3, -0.25) is 4.90 Å². The lowest BCUT2D eigenvalue weighted by molar-refractivity contribution is 0.151. The summed E-state index contributed by atoms with van der Waals surface area (Å²) in [4.78, 5) is 13.0. The minimum Gasteiger partial charge on any atom is -0.384 e. The average molecular weight is 379 g/mol. The van der Waals surface area contributed by atoms with Crippen LogP contribution in [0.1, 0.15) is 18.4 Å². The first-order valence-corrected chi connectivity index (χ1v) is 9.67. The van der Waals surface area contributed by atoms with Gasteiger partial charge in [0.15, 0.2) is 5.16 Å². The van der Waals surface area contributed by atoms with Crippen molar-refractivity contribution in [2.75, 3.05) is 49.1 Å². The Hall–Kier alpha value is -1.93. The van der Waals surface area contributed by atoms with Crippen LogP contribution in [0.5, 0.6) is 0 Å². The van der Waals surface area contributed by atoms with Gasteiger partial charge in [-0.05, 0) is 31.2 Å². The maximum Gasteiger partial charge on any atom is 0.263 e. The molecule has 0 atom stereocenters. The van der Waals surface area contributed by atoms with E-state index in [1.165, 1.54) is 6.07 Å². The number of anilines is 2. The molecular formula is C18H23F2N5S. The number of piperazine rings is 1. The molecule has 0 bridgehead atoms. The summed E-state index contributed by atoms with van der Waals surface area (Å²) in [5, 5.41) is 0.716. The van der Waals surface area contributed by atoms with Crippen LogP contribution in [0.4, 0.5) is 20.3 Å². The number of hydrogen-bond acceptors (Lipinski definition) is 6. The van der Waals surface area contributed by atoms with Crippen LogP contribution >= 0.6 is 11.8 Å². The first-order chi connectivity index (χ1) is 12.6. The molecule has 140 valence electrons. The lowest BCUT2D eigenvalue weighted by Crippen LogP contribution is -2.46. The van der Waals surface area contributed by atoms with E-state index in [1.807, 2.05) is 6.07 Å². The van der Waals surface area contributed by atoms with Crippen molar-refractivity contribution >= 4 is 23.3 Å². The van der Waals surface area contributed by atoms with Crippen molar-refractivity contribution in [3.05, 3.63) is 42.1 Å². The number of nitrogen functional groups attached to an aromatic ring is 1. The van der Waals surface area contributed by atoms with Gasteiger partial charge in [0.2, 0.25) is 0 Å². The molecule has 5 nitrogen and oxygen atoms in total. The Morgan fingerprint density at radius 1 is 1.15 bits per heavy atom. The molecule has 8 heteroatoms. The number of rotatable bonds is 7. The van der Waals surface area contributed by atoms with E-state index in [0.29, 0.717) is 11.0 Å². The van der Waals surface area contributed by atoms with Crippen molar-refractivity contribution in [1.82, 2.24) is 14.9 Å². The highest BCUT2D eigenvalue weighted by atomic mass is 32.2. The lowest BCUT2D eigenvalue weighted by atomic mass is 10.1. The number of aromatic nitrogens is 2. The second-order valence-corrected chi connectivity index (χ2v) is 7.25. The minimum absolute atomic E-state index is 0.0886. The summed E-state index contributed by atoms with van der Waals surface area (Å²) in [7, 11) is 0. The SMILES string of the molecule is Nc1ccnc(SCCCN2CCN(c3cccc(C(F)F)c3)CC2)n1. The van der Waals surface area contributed by atoms with Crippen LogP contribution in [-0.4, -0.2) is 53.3 Å². The highest BCUT2D eigenvalue weighted by Crippen LogP contribution is 2.24. The summed E-state index contributed by atoms with van der Waals surface area (Å²) in [5.74, 6) is 1.44. The van der Waals surface area contributed by atoms with Gasteiger partial charge in [0.05, 0.1) is 0 Å². The molecule has 1 aliphatic rings. The molecule has 2 aromatic rings. The van der Waals surface area contributed by atoms with Crippen molar-refractivity contribution in [3.63, 3.8) is 0 Å². The Labute approximate surface area is 156 Å². The van der Waals surface area contributed by atoms with E-state index in [2.05, 4.69) is 19.8 Å². The monoisotopic (exact) mass is 379 g/mol. The Morgan fingerprint density at radius 2 is 1.96 bits per heavy atom. The molecule has 2 N–H and O–H groups in total. The maximum atomic E-state index is 12.8. The molecule has 1 aromatic carbocycles. The molecule has 0 radical (unpaired) electrons. The molecule has 26 heavy (non-hydrogen) atoms. The second kappa shape index (κ2) is 9.14. The first kappa shape index (κ1) is 18.8. The zero-order valence-electron chi connectivity index (χ0n) is 14.5. The van der Waals surface area contributed by atoms with Crippen molar-refractivity contribution in [1.29, 1.82) is 0 Å². The topological polar surface area (TPSA) is 58.3 Å². The summed E-state index contributed by atoms with van der Waals surface area (Å²) >= 11 is 1.61. The largest absolute Gasteiger partial charge is 0.384 e. The van der Waals surface area contributed by atoms with Gasteiger partial charge < -0.3 is 10.6 Å². The zero-order valence-corrected chi connectivity index (χ0v) is 15.3. The minimum atomic E-state index is -2.42. The Bertz CT molecular complexity index is 707. The van der Waals surface area contributed by atoms with E-state index in [4.69, 9.17) is 5.73 Å². The second-order valence-electron chi connectivity index (χ2n) is 6.19. The fourth-order valence-electron chi connectivity index (χ4n) is 2.96. The number of benzene rings is 1. The van der Waals surface area contributed by atoms with Crippen molar-refractivity contribution in [2.45, 2.75) is 18.0 Å². The molecule has 0 spiro atoms. The smallest absolute Gasteiger partial charge is 0.263 e. The van der Waals surface area contributed by atoms with E-state index in [-0.39, 0.29) is 5.56 Å². The van der Waals surface area contributed by atoms with Gasteiger partial charge >= 0.3 is 0 Å². The number of nitrogens with two attached hydrogens (primary N) is 1. The van der Waals surface area contributed by atoms with Crippen molar-refractivity contribution in [2.24, 2.45) is 0 Å². The fourth-order valence-corrected chi connectivity index (χ4v) is 3.72. The van der Waals surface area contributed by atoms with Crippen LogP contribution in [0, 0.1) is 0 Å². The first-order valence-electron chi connectivity index (χ1n) is 8.68. The molecule has 1 aliphatic heterocycles.